The number of nitrogens with zero attached hydrogens (tertiary/aromatic N) is 1. The third kappa shape index (κ3) is 3.73. The second-order valence-electron chi connectivity index (χ2n) is 5.09. The summed E-state index contributed by atoms with van der Waals surface area (Å²) in [6.45, 7) is 2.88. The van der Waals surface area contributed by atoms with Crippen LogP contribution in [0.4, 0.5) is 0 Å². The van der Waals surface area contributed by atoms with E-state index in [9.17, 15) is 4.79 Å². The maximum atomic E-state index is 11.5. The van der Waals surface area contributed by atoms with E-state index in [2.05, 4.69) is 35.1 Å². The van der Waals surface area contributed by atoms with Gasteiger partial charge in [0, 0.05) is 24.5 Å². The topological polar surface area (TPSA) is 43.3 Å². The maximum absolute atomic E-state index is 11.5. The summed E-state index contributed by atoms with van der Waals surface area (Å²) in [5.41, 5.74) is 3.38. The number of hydrogen-bond acceptors (Lipinski definition) is 3. The summed E-state index contributed by atoms with van der Waals surface area (Å²) in [6, 6.07) is 12.4. The Labute approximate surface area is 125 Å². The van der Waals surface area contributed by atoms with E-state index >= 15 is 0 Å². The summed E-state index contributed by atoms with van der Waals surface area (Å²) >= 11 is 0. The van der Waals surface area contributed by atoms with Gasteiger partial charge in [0.1, 0.15) is 0 Å². The van der Waals surface area contributed by atoms with Crippen LogP contribution in [0.25, 0.3) is 0 Å². The molecule has 0 amide bonds. The SMILES string of the molecule is CNC(C)c1cccn1Cc1ccccc1CC(=O)OC. The van der Waals surface area contributed by atoms with Gasteiger partial charge in [0.05, 0.1) is 13.5 Å². The Hall–Kier alpha value is -2.07. The fraction of sp³-hybridized carbons (Fsp3) is 0.353. The molecule has 21 heavy (non-hydrogen) atoms. The molecule has 1 unspecified atom stereocenters. The molecular formula is C17H22N2O2. The van der Waals surface area contributed by atoms with Crippen LogP contribution in [0, 0.1) is 0 Å². The summed E-state index contributed by atoms with van der Waals surface area (Å²) in [7, 11) is 3.37. The molecule has 1 aromatic heterocycles. The van der Waals surface area contributed by atoms with Crippen molar-refractivity contribution in [1.82, 2.24) is 9.88 Å². The zero-order valence-electron chi connectivity index (χ0n) is 12.8. The maximum Gasteiger partial charge on any atom is 0.309 e. The van der Waals surface area contributed by atoms with Gasteiger partial charge >= 0.3 is 5.97 Å². The first-order chi connectivity index (χ1) is 10.2. The summed E-state index contributed by atoms with van der Waals surface area (Å²) in [5.74, 6) is -0.209. The molecule has 0 spiro atoms. The summed E-state index contributed by atoms with van der Waals surface area (Å²) in [6.07, 6.45) is 2.38. The Kier molecular flexibility index (Phi) is 5.17. The molecule has 112 valence electrons. The average molecular weight is 286 g/mol. The van der Waals surface area contributed by atoms with E-state index in [4.69, 9.17) is 4.74 Å². The van der Waals surface area contributed by atoms with Gasteiger partial charge in [0.25, 0.3) is 0 Å². The molecule has 0 aliphatic heterocycles. The van der Waals surface area contributed by atoms with Gasteiger partial charge in [-0.3, -0.25) is 4.79 Å². The van der Waals surface area contributed by atoms with Crippen LogP contribution in [0.1, 0.15) is 29.8 Å². The molecule has 1 N–H and O–H groups in total. The highest BCUT2D eigenvalue weighted by molar-refractivity contribution is 5.72. The van der Waals surface area contributed by atoms with Crippen LogP contribution in [-0.2, 0) is 22.5 Å². The third-order valence-corrected chi connectivity index (χ3v) is 3.76. The van der Waals surface area contributed by atoms with Crippen molar-refractivity contribution in [1.29, 1.82) is 0 Å². The summed E-state index contributed by atoms with van der Waals surface area (Å²) in [5, 5.41) is 3.25. The standard InChI is InChI=1S/C17H22N2O2/c1-13(18-2)16-9-6-10-19(16)12-15-8-5-4-7-14(15)11-17(20)21-3/h4-10,13,18H,11-12H2,1-3H3. The van der Waals surface area contributed by atoms with Crippen LogP contribution in [-0.4, -0.2) is 24.7 Å². The van der Waals surface area contributed by atoms with Crippen molar-refractivity contribution in [2.45, 2.75) is 25.9 Å². The van der Waals surface area contributed by atoms with Crippen LogP contribution >= 0.6 is 0 Å². The van der Waals surface area contributed by atoms with Crippen molar-refractivity contribution in [2.24, 2.45) is 0 Å². The van der Waals surface area contributed by atoms with Gasteiger partial charge in [-0.2, -0.15) is 0 Å². The molecule has 0 saturated carbocycles. The van der Waals surface area contributed by atoms with E-state index < -0.39 is 0 Å². The van der Waals surface area contributed by atoms with E-state index in [1.165, 1.54) is 12.8 Å². The highest BCUT2D eigenvalue weighted by Gasteiger charge is 2.11. The Morgan fingerprint density at radius 2 is 1.95 bits per heavy atom. The number of esters is 1. The lowest BCUT2D eigenvalue weighted by Crippen LogP contribution is -2.17. The Balaban J connectivity index is 2.24. The number of aromatic nitrogens is 1. The van der Waals surface area contributed by atoms with Crippen molar-refractivity contribution >= 4 is 5.97 Å². The molecule has 1 atom stereocenters. The Morgan fingerprint density at radius 3 is 2.62 bits per heavy atom. The second kappa shape index (κ2) is 7.09. The van der Waals surface area contributed by atoms with Gasteiger partial charge < -0.3 is 14.6 Å². The fourth-order valence-electron chi connectivity index (χ4n) is 2.41. The molecule has 0 radical (unpaired) electrons. The number of carbonyl (C=O) groups is 1. The smallest absolute Gasteiger partial charge is 0.309 e. The molecule has 2 rings (SSSR count). The molecular weight excluding hydrogens is 264 g/mol. The minimum atomic E-state index is -0.209. The van der Waals surface area contributed by atoms with Crippen LogP contribution in [0.15, 0.2) is 42.6 Å². The monoisotopic (exact) mass is 286 g/mol. The lowest BCUT2D eigenvalue weighted by molar-refractivity contribution is -0.139. The fourth-order valence-corrected chi connectivity index (χ4v) is 2.41. The molecule has 1 aromatic carbocycles. The largest absolute Gasteiger partial charge is 0.469 e. The lowest BCUT2D eigenvalue weighted by Gasteiger charge is -2.16. The number of benzene rings is 1. The average Bonchev–Trinajstić information content (AvgIpc) is 2.96. The van der Waals surface area contributed by atoms with Crippen LogP contribution < -0.4 is 5.32 Å². The predicted molar refractivity (Wildman–Crippen MR) is 83.2 cm³/mol. The van der Waals surface area contributed by atoms with Crippen LogP contribution in [0.5, 0.6) is 0 Å². The molecule has 0 aliphatic carbocycles. The van der Waals surface area contributed by atoms with Crippen LogP contribution in [0.2, 0.25) is 0 Å². The van der Waals surface area contributed by atoms with E-state index in [-0.39, 0.29) is 12.0 Å². The second-order valence-corrected chi connectivity index (χ2v) is 5.09. The number of ether oxygens (including phenoxy) is 1. The van der Waals surface area contributed by atoms with E-state index in [0.29, 0.717) is 6.42 Å². The van der Waals surface area contributed by atoms with Crippen molar-refractivity contribution in [3.8, 4) is 0 Å². The summed E-state index contributed by atoms with van der Waals surface area (Å²) in [4.78, 5) is 11.5. The first-order valence-electron chi connectivity index (χ1n) is 7.11. The number of rotatable bonds is 6. The normalized spacial score (nSPS) is 12.1. The first-order valence-corrected chi connectivity index (χ1v) is 7.11. The minimum Gasteiger partial charge on any atom is -0.469 e. The molecule has 0 saturated heterocycles. The zero-order chi connectivity index (χ0) is 15.2. The van der Waals surface area contributed by atoms with Crippen molar-refractivity contribution < 1.29 is 9.53 Å². The van der Waals surface area contributed by atoms with E-state index in [1.54, 1.807) is 0 Å². The van der Waals surface area contributed by atoms with Gasteiger partial charge in [0.15, 0.2) is 0 Å². The van der Waals surface area contributed by atoms with Gasteiger partial charge in [-0.25, -0.2) is 0 Å². The van der Waals surface area contributed by atoms with Crippen molar-refractivity contribution in [3.05, 3.63) is 59.4 Å². The molecule has 0 fully saturated rings. The Morgan fingerprint density at radius 1 is 1.24 bits per heavy atom. The van der Waals surface area contributed by atoms with E-state index in [0.717, 1.165) is 17.7 Å². The first kappa shape index (κ1) is 15.3. The summed E-state index contributed by atoms with van der Waals surface area (Å²) < 4.78 is 6.97. The number of nitrogens with one attached hydrogen (secondary N) is 1. The van der Waals surface area contributed by atoms with Gasteiger partial charge in [-0.1, -0.05) is 24.3 Å². The minimum absolute atomic E-state index is 0.209. The zero-order valence-corrected chi connectivity index (χ0v) is 12.8. The number of hydrogen-bond donors (Lipinski definition) is 1. The van der Waals surface area contributed by atoms with E-state index in [1.807, 2.05) is 31.3 Å². The highest BCUT2D eigenvalue weighted by Crippen LogP contribution is 2.17. The molecule has 1 heterocycles. The van der Waals surface area contributed by atoms with Gasteiger partial charge in [0.2, 0.25) is 0 Å². The molecule has 4 nitrogen and oxygen atoms in total. The van der Waals surface area contributed by atoms with Gasteiger partial charge in [-0.15, -0.1) is 0 Å². The lowest BCUT2D eigenvalue weighted by atomic mass is 10.0. The van der Waals surface area contributed by atoms with Crippen LogP contribution in [0.3, 0.4) is 0 Å². The van der Waals surface area contributed by atoms with Crippen molar-refractivity contribution in [2.75, 3.05) is 14.2 Å². The van der Waals surface area contributed by atoms with Crippen molar-refractivity contribution in [3.63, 3.8) is 0 Å². The highest BCUT2D eigenvalue weighted by atomic mass is 16.5. The van der Waals surface area contributed by atoms with Gasteiger partial charge in [-0.05, 0) is 37.2 Å². The third-order valence-electron chi connectivity index (χ3n) is 3.76. The molecule has 0 aliphatic rings. The quantitative estimate of drug-likeness (QED) is 0.830. The predicted octanol–water partition coefficient (Wildman–Crippen LogP) is 2.53. The molecule has 2 aromatic rings. The number of methoxy groups -OCH3 is 1. The molecule has 0 bridgehead atoms. The Bertz CT molecular complexity index is 604. The number of carbonyl (C=O) groups excluding carboxylic acids is 1. The molecule has 4 heteroatoms.